The van der Waals surface area contributed by atoms with Crippen LogP contribution in [-0.2, 0) is 0 Å². The van der Waals surface area contributed by atoms with Crippen LogP contribution < -0.4 is 21.6 Å². The van der Waals surface area contributed by atoms with Crippen molar-refractivity contribution in [2.75, 3.05) is 10.6 Å². The Labute approximate surface area is 255 Å². The lowest BCUT2D eigenvalue weighted by Crippen LogP contribution is -2.38. The van der Waals surface area contributed by atoms with Gasteiger partial charge < -0.3 is 16.1 Å². The van der Waals surface area contributed by atoms with Crippen LogP contribution in [0.1, 0.15) is 55.8 Å². The van der Waals surface area contributed by atoms with Gasteiger partial charge in [0.15, 0.2) is 0 Å². The number of halogens is 2. The number of fused-ring (bicyclic) bond motifs is 1. The molecule has 11 heteroatoms. The maximum Gasteiger partial charge on any atom is 0.134 e. The summed E-state index contributed by atoms with van der Waals surface area (Å²) in [7, 11) is 0. The third-order valence-electron chi connectivity index (χ3n) is 7.21. The first-order valence-corrected chi connectivity index (χ1v) is 14.3. The Kier molecular flexibility index (Phi) is 7.62. The molecule has 4 N–H and O–H groups in total. The third kappa shape index (κ3) is 5.77. The third-order valence-corrected chi connectivity index (χ3v) is 7.80. The Morgan fingerprint density at radius 3 is 2.67 bits per heavy atom. The highest BCUT2D eigenvalue weighted by molar-refractivity contribution is 6.36. The minimum atomic E-state index is -1.59. The lowest BCUT2D eigenvalue weighted by Gasteiger charge is -2.24. The number of nitriles is 2. The molecule has 2 aliphatic rings. The molecular weight excluding hydrogens is 569 g/mol. The summed E-state index contributed by atoms with van der Waals surface area (Å²) in [6, 6.07) is 19.8. The summed E-state index contributed by atoms with van der Waals surface area (Å²) in [6.45, 7) is 0. The van der Waals surface area contributed by atoms with Crippen LogP contribution >= 0.6 is 23.2 Å². The first kappa shape index (κ1) is 26.4. The molecule has 0 bridgehead atoms. The van der Waals surface area contributed by atoms with E-state index in [1.807, 2.05) is 47.6 Å². The van der Waals surface area contributed by atoms with E-state index in [0.717, 1.165) is 18.4 Å². The van der Waals surface area contributed by atoms with Crippen LogP contribution in [0, 0.1) is 22.7 Å². The van der Waals surface area contributed by atoms with Crippen molar-refractivity contribution in [2.24, 2.45) is 0 Å². The number of nitrogens with one attached hydrogen (secondary N) is 4. The molecule has 42 heavy (non-hydrogen) atoms. The van der Waals surface area contributed by atoms with Gasteiger partial charge in [-0.15, -0.1) is 5.53 Å². The zero-order valence-electron chi connectivity index (χ0n) is 23.4. The first-order chi connectivity index (χ1) is 20.9. The molecule has 210 valence electrons. The van der Waals surface area contributed by atoms with Gasteiger partial charge in [-0.25, -0.2) is 4.98 Å². The molecule has 1 saturated carbocycles. The summed E-state index contributed by atoms with van der Waals surface area (Å²) < 4.78 is 9.71. The highest BCUT2D eigenvalue weighted by Gasteiger charge is 2.33. The summed E-state index contributed by atoms with van der Waals surface area (Å²) in [6.07, 6.45) is 7.91. The highest BCUT2D eigenvalue weighted by Crippen LogP contribution is 2.39. The van der Waals surface area contributed by atoms with Crippen LogP contribution in [-0.4, -0.2) is 21.0 Å². The van der Waals surface area contributed by atoms with Gasteiger partial charge in [-0.3, -0.25) is 9.99 Å². The number of hydrogen-bond acceptors (Lipinski definition) is 9. The Bertz CT molecular complexity index is 1780. The number of rotatable bonds is 10. The molecule has 4 aromatic rings. The van der Waals surface area contributed by atoms with Gasteiger partial charge in [0.1, 0.15) is 11.2 Å². The lowest BCUT2D eigenvalue weighted by atomic mass is 10.00. The maximum absolute atomic E-state index is 10.1. The van der Waals surface area contributed by atoms with E-state index in [0.29, 0.717) is 63.0 Å². The average molecular weight is 598 g/mol. The van der Waals surface area contributed by atoms with Crippen molar-refractivity contribution in [1.82, 2.24) is 25.9 Å². The fraction of sp³-hybridized carbons (Fsp3) is 0.226. The molecule has 1 aliphatic carbocycles. The quantitative estimate of drug-likeness (QED) is 0.147. The van der Waals surface area contributed by atoms with Gasteiger partial charge in [0, 0.05) is 47.7 Å². The number of benzene rings is 2. The van der Waals surface area contributed by atoms with Gasteiger partial charge in [0.25, 0.3) is 0 Å². The van der Waals surface area contributed by atoms with Crippen LogP contribution in [0.4, 0.5) is 11.4 Å². The Morgan fingerprint density at radius 2 is 1.93 bits per heavy atom. The second-order valence-corrected chi connectivity index (χ2v) is 10.8. The van der Waals surface area contributed by atoms with E-state index in [2.05, 4.69) is 43.7 Å². The molecule has 0 saturated heterocycles. The fourth-order valence-corrected chi connectivity index (χ4v) is 5.45. The molecule has 0 radical (unpaired) electrons. The molecule has 2 aromatic heterocycles. The van der Waals surface area contributed by atoms with Gasteiger partial charge in [-0.05, 0) is 43.0 Å². The smallest absolute Gasteiger partial charge is 0.134 e. The number of nitrogens with zero attached hydrogens (tertiary/aromatic N) is 5. The SMILES string of the molecule is [2H][C@@](Nc1cc(Cl)c2ncc(C#N)c(N[C@H](CCC#N)c3ccccc3)c2c1)(C1=CN(C2CC2)NN1)c1cccnc1Cl. The number of anilines is 2. The molecule has 6 rings (SSSR count). The number of hydrazine groups is 2. The predicted molar refractivity (Wildman–Crippen MR) is 164 cm³/mol. The molecule has 0 unspecified atom stereocenters. The molecule has 2 atom stereocenters. The van der Waals surface area contributed by atoms with E-state index in [9.17, 15) is 11.9 Å². The minimum Gasteiger partial charge on any atom is -0.377 e. The molecule has 1 fully saturated rings. The number of hydrogen-bond donors (Lipinski definition) is 4. The molecule has 0 amide bonds. The first-order valence-electron chi connectivity index (χ1n) is 14.0. The van der Waals surface area contributed by atoms with E-state index >= 15 is 0 Å². The Morgan fingerprint density at radius 1 is 1.10 bits per heavy atom. The zero-order valence-corrected chi connectivity index (χ0v) is 23.9. The summed E-state index contributed by atoms with van der Waals surface area (Å²) in [5, 5.41) is 29.3. The van der Waals surface area contributed by atoms with Crippen LogP contribution in [0.5, 0.6) is 0 Å². The molecule has 2 aromatic carbocycles. The maximum atomic E-state index is 10.1. The van der Waals surface area contributed by atoms with E-state index < -0.39 is 6.02 Å². The van der Waals surface area contributed by atoms with Crippen LogP contribution in [0.2, 0.25) is 10.2 Å². The van der Waals surface area contributed by atoms with E-state index in [-0.39, 0.29) is 11.2 Å². The Balaban J connectivity index is 1.45. The normalized spacial score (nSPS) is 16.8. The number of aromatic nitrogens is 2. The van der Waals surface area contributed by atoms with Gasteiger partial charge >= 0.3 is 0 Å². The molecular formula is C31H27Cl2N9. The van der Waals surface area contributed by atoms with E-state index in [4.69, 9.17) is 23.2 Å². The van der Waals surface area contributed by atoms with Crippen molar-refractivity contribution in [3.05, 3.63) is 106 Å². The fourth-order valence-electron chi connectivity index (χ4n) is 4.96. The zero-order chi connectivity index (χ0) is 30.0. The summed E-state index contributed by atoms with van der Waals surface area (Å²) in [4.78, 5) is 8.71. The largest absolute Gasteiger partial charge is 0.377 e. The molecule has 3 heterocycles. The minimum absolute atomic E-state index is 0.184. The topological polar surface area (TPSA) is 125 Å². The van der Waals surface area contributed by atoms with E-state index in [1.54, 1.807) is 24.4 Å². The van der Waals surface area contributed by atoms with Gasteiger partial charge in [0.05, 0.1) is 47.0 Å². The summed E-state index contributed by atoms with van der Waals surface area (Å²) in [5.41, 5.74) is 10.1. The molecule has 1 aliphatic heterocycles. The van der Waals surface area contributed by atoms with Crippen molar-refractivity contribution in [3.8, 4) is 12.1 Å². The highest BCUT2D eigenvalue weighted by atomic mass is 35.5. The number of pyridine rings is 2. The lowest BCUT2D eigenvalue weighted by molar-refractivity contribution is 0.260. The standard InChI is InChI=1S/C31H27Cl2N9/c32-25-15-21(38-30(23-8-5-13-36-31(23)33)27-18-42(41-40-27)22-10-11-22)14-24-28(20(16-35)17-37-29(24)25)39-26(9-4-12-34)19-6-2-1-3-7-19/h1-3,5-8,13-15,17-18,22,26,30,38,40-41H,4,9-11H2,(H,37,39)/t26-,30+/m1/s1/i30D. The monoisotopic (exact) mass is 596 g/mol. The van der Waals surface area contributed by atoms with E-state index in [1.165, 1.54) is 6.20 Å². The van der Waals surface area contributed by atoms with Crippen molar-refractivity contribution in [2.45, 2.75) is 43.8 Å². The predicted octanol–water partition coefficient (Wildman–Crippen LogP) is 6.75. The average Bonchev–Trinajstić information content (AvgIpc) is 3.75. The van der Waals surface area contributed by atoms with Crippen molar-refractivity contribution >= 4 is 45.5 Å². The van der Waals surface area contributed by atoms with Crippen LogP contribution in [0.3, 0.4) is 0 Å². The van der Waals surface area contributed by atoms with Gasteiger partial charge in [0.2, 0.25) is 0 Å². The van der Waals surface area contributed by atoms with Crippen LogP contribution in [0.25, 0.3) is 10.9 Å². The van der Waals surface area contributed by atoms with Crippen molar-refractivity contribution in [3.63, 3.8) is 0 Å². The summed E-state index contributed by atoms with van der Waals surface area (Å²) >= 11 is 13.3. The second kappa shape index (κ2) is 12.1. The van der Waals surface area contributed by atoms with Gasteiger partial charge in [-0.2, -0.15) is 10.5 Å². The van der Waals surface area contributed by atoms with Crippen molar-refractivity contribution < 1.29 is 1.37 Å². The molecule has 0 spiro atoms. The van der Waals surface area contributed by atoms with Crippen molar-refractivity contribution in [1.29, 1.82) is 10.5 Å². The Hall–Kier alpha value is -4.54. The second-order valence-electron chi connectivity index (χ2n) is 10.1. The van der Waals surface area contributed by atoms with Crippen LogP contribution in [0.15, 0.2) is 78.9 Å². The summed E-state index contributed by atoms with van der Waals surface area (Å²) in [5.74, 6) is 0. The molecule has 9 nitrogen and oxygen atoms in total. The van der Waals surface area contributed by atoms with Gasteiger partial charge in [-0.1, -0.05) is 59.6 Å².